The molecule has 0 amide bonds. The minimum absolute atomic E-state index is 0.274. The Morgan fingerprint density at radius 3 is 2.44 bits per heavy atom. The van der Waals surface area contributed by atoms with Crippen LogP contribution < -0.4 is 5.32 Å². The molecule has 0 heterocycles. The molecule has 0 atom stereocenters. The van der Waals surface area contributed by atoms with E-state index in [9.17, 15) is 0 Å². The molecule has 0 saturated heterocycles. The summed E-state index contributed by atoms with van der Waals surface area (Å²) in [6.07, 6.45) is 6.56. The van der Waals surface area contributed by atoms with Gasteiger partial charge in [0.25, 0.3) is 0 Å². The van der Waals surface area contributed by atoms with Gasteiger partial charge < -0.3 is 5.32 Å². The molecule has 0 aromatic rings. The molecule has 0 radical (unpaired) electrons. The predicted octanol–water partition coefficient (Wildman–Crippen LogP) is 2.36. The van der Waals surface area contributed by atoms with Gasteiger partial charge in [0.2, 0.25) is 0 Å². The molecule has 0 fully saturated rings. The fourth-order valence-corrected chi connectivity index (χ4v) is 1.80. The quantitative estimate of drug-likeness (QED) is 0.637. The molecule has 2 nitrogen and oxygen atoms in total. The van der Waals surface area contributed by atoms with Gasteiger partial charge in [-0.2, -0.15) is 0 Å². The molecule has 0 aromatic heterocycles. The highest BCUT2D eigenvalue weighted by Gasteiger charge is 2.21. The van der Waals surface area contributed by atoms with Crippen LogP contribution in [0, 0.1) is 17.8 Å². The molecule has 16 heavy (non-hydrogen) atoms. The lowest BCUT2D eigenvalue weighted by molar-refractivity contribution is 0.188. The second kappa shape index (κ2) is 7.70. The van der Waals surface area contributed by atoms with E-state index in [-0.39, 0.29) is 5.41 Å². The number of nitrogens with zero attached hydrogens (tertiary/aromatic N) is 1. The number of hydrogen-bond acceptors (Lipinski definition) is 2. The lowest BCUT2D eigenvalue weighted by atomic mass is 9.92. The summed E-state index contributed by atoms with van der Waals surface area (Å²) in [6.45, 7) is 15.1. The van der Waals surface area contributed by atoms with Crippen LogP contribution in [-0.2, 0) is 0 Å². The van der Waals surface area contributed by atoms with Crippen LogP contribution in [0.1, 0.15) is 41.0 Å². The molecule has 1 N–H and O–H groups in total. The summed E-state index contributed by atoms with van der Waals surface area (Å²) < 4.78 is 0. The second-order valence-electron chi connectivity index (χ2n) is 5.61. The first-order valence-electron chi connectivity index (χ1n) is 6.30. The summed E-state index contributed by atoms with van der Waals surface area (Å²) in [5.74, 6) is 2.75. The Morgan fingerprint density at radius 2 is 2.00 bits per heavy atom. The third-order valence-corrected chi connectivity index (χ3v) is 2.50. The summed E-state index contributed by atoms with van der Waals surface area (Å²) in [7, 11) is 0. The first kappa shape index (κ1) is 15.5. The van der Waals surface area contributed by atoms with Crippen molar-refractivity contribution >= 4 is 0 Å². The Labute approximate surface area is 102 Å². The van der Waals surface area contributed by atoms with E-state index >= 15 is 0 Å². The lowest BCUT2D eigenvalue weighted by Gasteiger charge is -2.32. The maximum atomic E-state index is 5.39. The Kier molecular flexibility index (Phi) is 7.45. The first-order valence-corrected chi connectivity index (χ1v) is 6.30. The number of hydrogen-bond donors (Lipinski definition) is 1. The van der Waals surface area contributed by atoms with Crippen LogP contribution in [0.25, 0.3) is 0 Å². The molecule has 0 saturated carbocycles. The molecule has 0 spiro atoms. The van der Waals surface area contributed by atoms with Crippen LogP contribution in [-0.4, -0.2) is 37.1 Å². The van der Waals surface area contributed by atoms with E-state index < -0.39 is 0 Å². The molecule has 0 unspecified atom stereocenters. The van der Waals surface area contributed by atoms with E-state index in [1.54, 1.807) is 0 Å². The van der Waals surface area contributed by atoms with Crippen LogP contribution in [0.5, 0.6) is 0 Å². The molecular weight excluding hydrogens is 196 g/mol. The van der Waals surface area contributed by atoms with Crippen molar-refractivity contribution in [3.05, 3.63) is 0 Å². The van der Waals surface area contributed by atoms with Gasteiger partial charge in [0.15, 0.2) is 0 Å². The van der Waals surface area contributed by atoms with Gasteiger partial charge >= 0.3 is 0 Å². The van der Waals surface area contributed by atoms with E-state index in [0.717, 1.165) is 32.6 Å². The Bertz CT molecular complexity index is 213. The molecule has 0 aliphatic rings. The summed E-state index contributed by atoms with van der Waals surface area (Å²) in [4.78, 5) is 2.36. The van der Waals surface area contributed by atoms with Crippen LogP contribution in [0.4, 0.5) is 0 Å². The van der Waals surface area contributed by atoms with Crippen LogP contribution in [0.3, 0.4) is 0 Å². The third-order valence-electron chi connectivity index (χ3n) is 2.50. The summed E-state index contributed by atoms with van der Waals surface area (Å²) in [6, 6.07) is 0.548. The van der Waals surface area contributed by atoms with E-state index in [4.69, 9.17) is 6.42 Å². The molecule has 0 aliphatic heterocycles. The van der Waals surface area contributed by atoms with Gasteiger partial charge in [-0.1, -0.05) is 40.5 Å². The van der Waals surface area contributed by atoms with E-state index in [2.05, 4.69) is 50.8 Å². The minimum atomic E-state index is 0.274. The van der Waals surface area contributed by atoms with Gasteiger partial charge in [0.05, 0.1) is 6.54 Å². The second-order valence-corrected chi connectivity index (χ2v) is 5.61. The average molecular weight is 224 g/mol. The summed E-state index contributed by atoms with van der Waals surface area (Å²) in [5.41, 5.74) is 0.274. The van der Waals surface area contributed by atoms with Gasteiger partial charge in [-0.3, -0.25) is 4.90 Å². The van der Waals surface area contributed by atoms with Crippen molar-refractivity contribution in [1.82, 2.24) is 10.2 Å². The number of nitrogens with one attached hydrogen (secondary N) is 1. The van der Waals surface area contributed by atoms with Gasteiger partial charge in [-0.05, 0) is 18.4 Å². The van der Waals surface area contributed by atoms with Gasteiger partial charge in [-0.15, -0.1) is 6.42 Å². The Hall–Kier alpha value is -0.520. The Morgan fingerprint density at radius 1 is 1.38 bits per heavy atom. The van der Waals surface area contributed by atoms with Crippen molar-refractivity contribution in [3.63, 3.8) is 0 Å². The Balaban J connectivity index is 4.13. The highest BCUT2D eigenvalue weighted by Crippen LogP contribution is 2.16. The standard InChI is InChI=1S/C14H28N2/c1-7-9-16(10-8-2)12-14(5,6)11-15-13(3)4/h1,13,15H,8-12H2,2-6H3. The summed E-state index contributed by atoms with van der Waals surface area (Å²) in [5, 5.41) is 3.50. The zero-order valence-electron chi connectivity index (χ0n) is 11.6. The molecule has 0 rings (SSSR count). The molecule has 0 aromatic carbocycles. The van der Waals surface area contributed by atoms with Crippen molar-refractivity contribution in [2.45, 2.75) is 47.1 Å². The normalized spacial score (nSPS) is 12.1. The number of rotatable bonds is 8. The monoisotopic (exact) mass is 224 g/mol. The van der Waals surface area contributed by atoms with E-state index in [1.807, 2.05) is 0 Å². The van der Waals surface area contributed by atoms with Crippen LogP contribution in [0.15, 0.2) is 0 Å². The third kappa shape index (κ3) is 7.73. The maximum absolute atomic E-state index is 5.39. The van der Waals surface area contributed by atoms with Crippen molar-refractivity contribution in [3.8, 4) is 12.3 Å². The molecule has 94 valence electrons. The largest absolute Gasteiger partial charge is 0.314 e. The van der Waals surface area contributed by atoms with Gasteiger partial charge in [-0.25, -0.2) is 0 Å². The zero-order valence-corrected chi connectivity index (χ0v) is 11.6. The molecular formula is C14H28N2. The predicted molar refractivity (Wildman–Crippen MR) is 72.5 cm³/mol. The molecule has 0 bridgehead atoms. The summed E-state index contributed by atoms with van der Waals surface area (Å²) >= 11 is 0. The van der Waals surface area contributed by atoms with Gasteiger partial charge in [0, 0.05) is 19.1 Å². The minimum Gasteiger partial charge on any atom is -0.314 e. The maximum Gasteiger partial charge on any atom is 0.0599 e. The highest BCUT2D eigenvalue weighted by atomic mass is 15.1. The van der Waals surface area contributed by atoms with E-state index in [1.165, 1.54) is 0 Å². The topological polar surface area (TPSA) is 15.3 Å². The average Bonchev–Trinajstić information content (AvgIpc) is 2.15. The fourth-order valence-electron chi connectivity index (χ4n) is 1.80. The highest BCUT2D eigenvalue weighted by molar-refractivity contribution is 4.90. The SMILES string of the molecule is C#CCN(CCC)CC(C)(C)CNC(C)C. The van der Waals surface area contributed by atoms with Crippen molar-refractivity contribution in [2.75, 3.05) is 26.2 Å². The van der Waals surface area contributed by atoms with E-state index in [0.29, 0.717) is 6.04 Å². The smallest absolute Gasteiger partial charge is 0.0599 e. The first-order chi connectivity index (χ1) is 7.41. The molecule has 0 aliphatic carbocycles. The van der Waals surface area contributed by atoms with Crippen molar-refractivity contribution in [2.24, 2.45) is 5.41 Å². The van der Waals surface area contributed by atoms with Crippen LogP contribution in [0.2, 0.25) is 0 Å². The van der Waals surface area contributed by atoms with Crippen molar-refractivity contribution in [1.29, 1.82) is 0 Å². The van der Waals surface area contributed by atoms with Crippen LogP contribution >= 0.6 is 0 Å². The zero-order chi connectivity index (χ0) is 12.6. The van der Waals surface area contributed by atoms with Gasteiger partial charge in [0.1, 0.15) is 0 Å². The van der Waals surface area contributed by atoms with Crippen molar-refractivity contribution < 1.29 is 0 Å². The molecule has 2 heteroatoms. The number of terminal acetylenes is 1. The fraction of sp³-hybridized carbons (Fsp3) is 0.857. The lowest BCUT2D eigenvalue weighted by Crippen LogP contribution is -2.42.